The molecular weight excluding hydrogens is 342 g/mol. The van der Waals surface area contributed by atoms with Crippen molar-refractivity contribution in [1.29, 1.82) is 0 Å². The van der Waals surface area contributed by atoms with Gasteiger partial charge in [0.1, 0.15) is 5.60 Å². The summed E-state index contributed by atoms with van der Waals surface area (Å²) in [5.41, 5.74) is 6.39. The highest BCUT2D eigenvalue weighted by Gasteiger charge is 2.24. The van der Waals surface area contributed by atoms with Gasteiger partial charge in [-0.2, -0.15) is 0 Å². The van der Waals surface area contributed by atoms with E-state index in [9.17, 15) is 4.79 Å². The fraction of sp³-hybridized carbons (Fsp3) is 0.667. The van der Waals surface area contributed by atoms with E-state index in [1.807, 2.05) is 51.1 Å². The Morgan fingerprint density at radius 2 is 1.93 bits per heavy atom. The first-order valence-corrected chi connectivity index (χ1v) is 9.89. The molecule has 0 bridgehead atoms. The molecular formula is C21H35N3O3. The van der Waals surface area contributed by atoms with Crippen LogP contribution in [-0.2, 0) is 16.1 Å². The standard InChI is InChI=1S/C21H35N3O3/c1-21(2,3)27-20(25)23-19(14-24-11-9-17(13-22)10-12-24)16-26-15-18-7-5-4-6-8-18/h4-8,17,19H,9-16,22H2,1-3H3,(H,23,25). The van der Waals surface area contributed by atoms with E-state index in [1.54, 1.807) is 0 Å². The van der Waals surface area contributed by atoms with Gasteiger partial charge in [-0.25, -0.2) is 4.79 Å². The lowest BCUT2D eigenvalue weighted by Gasteiger charge is -2.34. The van der Waals surface area contributed by atoms with Crippen LogP contribution in [0.3, 0.4) is 0 Å². The summed E-state index contributed by atoms with van der Waals surface area (Å²) in [6, 6.07) is 9.94. The van der Waals surface area contributed by atoms with E-state index in [4.69, 9.17) is 15.2 Å². The number of ether oxygens (including phenoxy) is 2. The van der Waals surface area contributed by atoms with Gasteiger partial charge in [0, 0.05) is 6.54 Å². The Hall–Kier alpha value is -1.63. The molecule has 1 aromatic carbocycles. The molecule has 1 heterocycles. The number of likely N-dealkylation sites (tertiary alicyclic amines) is 1. The SMILES string of the molecule is CC(C)(C)OC(=O)NC(COCc1ccccc1)CN1CCC(CN)CC1. The Labute approximate surface area is 163 Å². The number of rotatable bonds is 8. The van der Waals surface area contributed by atoms with Gasteiger partial charge in [0.05, 0.1) is 19.3 Å². The number of benzene rings is 1. The van der Waals surface area contributed by atoms with E-state index >= 15 is 0 Å². The van der Waals surface area contributed by atoms with Crippen molar-refractivity contribution < 1.29 is 14.3 Å². The fourth-order valence-corrected chi connectivity index (χ4v) is 3.22. The number of nitrogens with zero attached hydrogens (tertiary/aromatic N) is 1. The number of nitrogens with one attached hydrogen (secondary N) is 1. The van der Waals surface area contributed by atoms with Crippen molar-refractivity contribution in [3.05, 3.63) is 35.9 Å². The highest BCUT2D eigenvalue weighted by molar-refractivity contribution is 5.68. The number of hydrogen-bond acceptors (Lipinski definition) is 5. The van der Waals surface area contributed by atoms with Gasteiger partial charge in [0.15, 0.2) is 0 Å². The number of hydrogen-bond donors (Lipinski definition) is 2. The van der Waals surface area contributed by atoms with E-state index in [0.29, 0.717) is 19.1 Å². The Kier molecular flexibility index (Phi) is 8.54. The average molecular weight is 378 g/mol. The number of alkyl carbamates (subject to hydrolysis) is 1. The number of nitrogens with two attached hydrogens (primary N) is 1. The van der Waals surface area contributed by atoms with E-state index < -0.39 is 11.7 Å². The molecule has 27 heavy (non-hydrogen) atoms. The van der Waals surface area contributed by atoms with E-state index in [1.165, 1.54) is 0 Å². The predicted octanol–water partition coefficient (Wildman–Crippen LogP) is 2.77. The highest BCUT2D eigenvalue weighted by atomic mass is 16.6. The molecule has 0 radical (unpaired) electrons. The van der Waals surface area contributed by atoms with Crippen molar-refractivity contribution in [3.63, 3.8) is 0 Å². The van der Waals surface area contributed by atoms with Crippen LogP contribution in [0.2, 0.25) is 0 Å². The largest absolute Gasteiger partial charge is 0.444 e. The van der Waals surface area contributed by atoms with Crippen LogP contribution in [0.5, 0.6) is 0 Å². The summed E-state index contributed by atoms with van der Waals surface area (Å²) in [5.74, 6) is 0.618. The molecule has 0 saturated carbocycles. The molecule has 152 valence electrons. The molecule has 0 spiro atoms. The Balaban J connectivity index is 1.86. The van der Waals surface area contributed by atoms with Crippen LogP contribution < -0.4 is 11.1 Å². The van der Waals surface area contributed by atoms with Crippen molar-refractivity contribution in [2.45, 2.75) is 51.9 Å². The zero-order valence-electron chi connectivity index (χ0n) is 16.9. The minimum atomic E-state index is -0.515. The van der Waals surface area contributed by atoms with Crippen LogP contribution in [-0.4, -0.2) is 55.4 Å². The third-order valence-electron chi connectivity index (χ3n) is 4.67. The van der Waals surface area contributed by atoms with Crippen LogP contribution in [0.4, 0.5) is 4.79 Å². The van der Waals surface area contributed by atoms with Crippen LogP contribution in [0.15, 0.2) is 30.3 Å². The van der Waals surface area contributed by atoms with Gasteiger partial charge in [-0.1, -0.05) is 30.3 Å². The zero-order chi connectivity index (χ0) is 19.7. The average Bonchev–Trinajstić information content (AvgIpc) is 2.61. The molecule has 1 aliphatic heterocycles. The van der Waals surface area contributed by atoms with Gasteiger partial charge in [0.2, 0.25) is 0 Å². The van der Waals surface area contributed by atoms with Gasteiger partial charge in [0.25, 0.3) is 0 Å². The molecule has 1 amide bonds. The molecule has 1 fully saturated rings. The summed E-state index contributed by atoms with van der Waals surface area (Å²) < 4.78 is 11.3. The second kappa shape index (κ2) is 10.6. The lowest BCUT2D eigenvalue weighted by molar-refractivity contribution is 0.0375. The summed E-state index contributed by atoms with van der Waals surface area (Å²) in [6.45, 7) is 10.1. The lowest BCUT2D eigenvalue weighted by atomic mass is 9.97. The molecule has 6 nitrogen and oxygen atoms in total. The van der Waals surface area contributed by atoms with E-state index in [0.717, 1.165) is 44.6 Å². The van der Waals surface area contributed by atoms with Crippen LogP contribution in [0, 0.1) is 5.92 Å². The second-order valence-corrected chi connectivity index (χ2v) is 8.32. The first-order chi connectivity index (χ1) is 12.9. The van der Waals surface area contributed by atoms with Crippen molar-refractivity contribution in [2.75, 3.05) is 32.8 Å². The number of carbonyl (C=O) groups excluding carboxylic acids is 1. The molecule has 6 heteroatoms. The van der Waals surface area contributed by atoms with Crippen LogP contribution in [0.1, 0.15) is 39.2 Å². The predicted molar refractivity (Wildman–Crippen MR) is 107 cm³/mol. The van der Waals surface area contributed by atoms with Gasteiger partial charge in [-0.15, -0.1) is 0 Å². The first-order valence-electron chi connectivity index (χ1n) is 9.89. The molecule has 1 atom stereocenters. The second-order valence-electron chi connectivity index (χ2n) is 8.32. The third-order valence-corrected chi connectivity index (χ3v) is 4.67. The maximum absolute atomic E-state index is 12.2. The minimum absolute atomic E-state index is 0.113. The van der Waals surface area contributed by atoms with Gasteiger partial charge >= 0.3 is 6.09 Å². The van der Waals surface area contributed by atoms with E-state index in [-0.39, 0.29) is 6.04 Å². The molecule has 1 aromatic rings. The Bertz CT molecular complexity index is 552. The number of amides is 1. The maximum Gasteiger partial charge on any atom is 0.407 e. The summed E-state index contributed by atoms with van der Waals surface area (Å²) in [7, 11) is 0. The van der Waals surface area contributed by atoms with Gasteiger partial charge in [-0.3, -0.25) is 0 Å². The minimum Gasteiger partial charge on any atom is -0.444 e. The number of piperidine rings is 1. The molecule has 0 aliphatic carbocycles. The lowest BCUT2D eigenvalue weighted by Crippen LogP contribution is -2.49. The summed E-state index contributed by atoms with van der Waals surface area (Å²) >= 11 is 0. The third kappa shape index (κ3) is 8.73. The fourth-order valence-electron chi connectivity index (χ4n) is 3.22. The molecule has 2 rings (SSSR count). The quantitative estimate of drug-likeness (QED) is 0.728. The zero-order valence-corrected chi connectivity index (χ0v) is 16.9. The molecule has 0 aromatic heterocycles. The van der Waals surface area contributed by atoms with Crippen molar-refractivity contribution in [1.82, 2.24) is 10.2 Å². The summed E-state index contributed by atoms with van der Waals surface area (Å²) in [4.78, 5) is 14.6. The van der Waals surface area contributed by atoms with Gasteiger partial charge in [-0.05, 0) is 64.7 Å². The van der Waals surface area contributed by atoms with Crippen LogP contribution >= 0.6 is 0 Å². The van der Waals surface area contributed by atoms with Crippen molar-refractivity contribution >= 4 is 6.09 Å². The summed E-state index contributed by atoms with van der Waals surface area (Å²) in [5, 5.41) is 2.98. The van der Waals surface area contributed by atoms with E-state index in [2.05, 4.69) is 10.2 Å². The Morgan fingerprint density at radius 1 is 1.26 bits per heavy atom. The summed E-state index contributed by atoms with van der Waals surface area (Å²) in [6.07, 6.45) is 1.83. The smallest absolute Gasteiger partial charge is 0.407 e. The molecule has 1 saturated heterocycles. The molecule has 3 N–H and O–H groups in total. The van der Waals surface area contributed by atoms with Gasteiger partial charge < -0.3 is 25.4 Å². The first kappa shape index (κ1) is 21.7. The normalized spacial score (nSPS) is 17.5. The topological polar surface area (TPSA) is 76.8 Å². The monoisotopic (exact) mass is 377 g/mol. The number of carbonyl (C=O) groups is 1. The van der Waals surface area contributed by atoms with Crippen molar-refractivity contribution in [2.24, 2.45) is 11.7 Å². The highest BCUT2D eigenvalue weighted by Crippen LogP contribution is 2.16. The molecule has 1 unspecified atom stereocenters. The Morgan fingerprint density at radius 3 is 2.52 bits per heavy atom. The van der Waals surface area contributed by atoms with Crippen LogP contribution in [0.25, 0.3) is 0 Å². The van der Waals surface area contributed by atoms with Crippen molar-refractivity contribution in [3.8, 4) is 0 Å². The maximum atomic E-state index is 12.2. The molecule has 1 aliphatic rings.